The summed E-state index contributed by atoms with van der Waals surface area (Å²) in [6.45, 7) is 0.285. The first-order chi connectivity index (χ1) is 11.9. The summed E-state index contributed by atoms with van der Waals surface area (Å²) in [4.78, 5) is 26.5. The van der Waals surface area contributed by atoms with Gasteiger partial charge in [-0.1, -0.05) is 35.9 Å². The van der Waals surface area contributed by atoms with Crippen molar-refractivity contribution in [3.8, 4) is 0 Å². The highest BCUT2D eigenvalue weighted by molar-refractivity contribution is 6.30. The van der Waals surface area contributed by atoms with Crippen LogP contribution in [-0.2, 0) is 16.0 Å². The van der Waals surface area contributed by atoms with E-state index in [2.05, 4.69) is 0 Å². The van der Waals surface area contributed by atoms with E-state index in [1.807, 2.05) is 6.07 Å². The molecule has 6 heteroatoms. The Balaban J connectivity index is 1.69. The summed E-state index contributed by atoms with van der Waals surface area (Å²) in [5, 5.41) is 10.6. The lowest BCUT2D eigenvalue weighted by atomic mass is 9.92. The quantitative estimate of drug-likeness (QED) is 0.832. The zero-order valence-electron chi connectivity index (χ0n) is 13.4. The average Bonchev–Trinajstić information content (AvgIpc) is 2.93. The van der Waals surface area contributed by atoms with E-state index in [9.17, 15) is 19.1 Å². The second-order valence-electron chi connectivity index (χ2n) is 6.07. The zero-order valence-corrected chi connectivity index (χ0v) is 14.2. The molecule has 2 aromatic rings. The van der Waals surface area contributed by atoms with Crippen LogP contribution in [-0.4, -0.2) is 28.9 Å². The van der Waals surface area contributed by atoms with Crippen LogP contribution in [0.3, 0.4) is 0 Å². The summed E-state index contributed by atoms with van der Waals surface area (Å²) < 4.78 is 13.2. The fourth-order valence-electron chi connectivity index (χ4n) is 2.98. The van der Waals surface area contributed by atoms with E-state index >= 15 is 0 Å². The molecule has 3 rings (SSSR count). The Bertz CT molecular complexity index is 812. The monoisotopic (exact) mass is 361 g/mol. The minimum absolute atomic E-state index is 0.0177. The number of carbonyl (C=O) groups is 2. The molecule has 2 aromatic carbocycles. The number of benzene rings is 2. The molecule has 1 saturated heterocycles. The number of aliphatic hydroxyl groups is 1. The van der Waals surface area contributed by atoms with Gasteiger partial charge in [0.1, 0.15) is 5.82 Å². The first-order valence-corrected chi connectivity index (χ1v) is 8.36. The maximum absolute atomic E-state index is 13.2. The van der Waals surface area contributed by atoms with Gasteiger partial charge in [-0.15, -0.1) is 0 Å². The first kappa shape index (κ1) is 17.6. The molecular formula is C19H17ClFNO3. The second kappa shape index (κ2) is 6.94. The van der Waals surface area contributed by atoms with Gasteiger partial charge in [0.2, 0.25) is 5.60 Å². The summed E-state index contributed by atoms with van der Waals surface area (Å²) in [6, 6.07) is 13.1. The van der Waals surface area contributed by atoms with Crippen LogP contribution in [0, 0.1) is 5.82 Å². The summed E-state index contributed by atoms with van der Waals surface area (Å²) in [5.41, 5.74) is -0.671. The van der Waals surface area contributed by atoms with Gasteiger partial charge in [0.05, 0.1) is 5.02 Å². The Morgan fingerprint density at radius 2 is 1.96 bits per heavy atom. The Labute approximate surface area is 149 Å². The number of aryl methyl sites for hydroxylation is 1. The fourth-order valence-corrected chi connectivity index (χ4v) is 3.18. The summed E-state index contributed by atoms with van der Waals surface area (Å²) in [6.07, 6.45) is 0.316. The van der Waals surface area contributed by atoms with Crippen molar-refractivity contribution in [3.63, 3.8) is 0 Å². The molecule has 0 bridgehead atoms. The summed E-state index contributed by atoms with van der Waals surface area (Å²) in [5.74, 6) is -1.66. The number of ketones is 1. The van der Waals surface area contributed by atoms with Crippen LogP contribution in [0.1, 0.15) is 18.4 Å². The van der Waals surface area contributed by atoms with Crippen molar-refractivity contribution in [1.29, 1.82) is 0 Å². The van der Waals surface area contributed by atoms with Gasteiger partial charge in [0.15, 0.2) is 5.78 Å². The van der Waals surface area contributed by atoms with Crippen LogP contribution < -0.4 is 4.90 Å². The van der Waals surface area contributed by atoms with Crippen LogP contribution in [0.5, 0.6) is 0 Å². The Hall–Kier alpha value is -2.24. The van der Waals surface area contributed by atoms with E-state index in [-0.39, 0.29) is 30.8 Å². The summed E-state index contributed by atoms with van der Waals surface area (Å²) >= 11 is 5.72. The van der Waals surface area contributed by atoms with E-state index in [1.165, 1.54) is 23.1 Å². The van der Waals surface area contributed by atoms with Crippen molar-refractivity contribution in [2.24, 2.45) is 0 Å². The minimum atomic E-state index is -2.00. The largest absolute Gasteiger partial charge is 0.373 e. The summed E-state index contributed by atoms with van der Waals surface area (Å²) in [7, 11) is 0. The van der Waals surface area contributed by atoms with Crippen molar-refractivity contribution < 1.29 is 19.1 Å². The standard InChI is InChI=1S/C19H17ClFNO3/c20-15-12-13(6-8-16(15)21)7-9-17(23)19(25)10-11-22(18(19)24)14-4-2-1-3-5-14/h1-6,8,12,25H,7,9-11H2/t19-/m0/s1. The van der Waals surface area contributed by atoms with Gasteiger partial charge in [-0.2, -0.15) is 0 Å². The Morgan fingerprint density at radius 3 is 2.64 bits per heavy atom. The fraction of sp³-hybridized carbons (Fsp3) is 0.263. The van der Waals surface area contributed by atoms with E-state index in [4.69, 9.17) is 11.6 Å². The van der Waals surface area contributed by atoms with Gasteiger partial charge in [0, 0.05) is 25.1 Å². The van der Waals surface area contributed by atoms with Crippen LogP contribution in [0.15, 0.2) is 48.5 Å². The lowest BCUT2D eigenvalue weighted by molar-refractivity contribution is -0.147. The number of hydrogen-bond donors (Lipinski definition) is 1. The number of halogens is 2. The second-order valence-corrected chi connectivity index (χ2v) is 6.48. The molecule has 0 aliphatic carbocycles. The first-order valence-electron chi connectivity index (χ1n) is 7.98. The third-order valence-electron chi connectivity index (χ3n) is 4.45. The topological polar surface area (TPSA) is 57.6 Å². The molecule has 4 nitrogen and oxygen atoms in total. The molecular weight excluding hydrogens is 345 g/mol. The molecule has 0 saturated carbocycles. The highest BCUT2D eigenvalue weighted by Crippen LogP contribution is 2.30. The van der Waals surface area contributed by atoms with Gasteiger partial charge in [-0.3, -0.25) is 9.59 Å². The third kappa shape index (κ3) is 3.43. The number of carbonyl (C=O) groups excluding carboxylic acids is 2. The van der Waals surface area contributed by atoms with Crippen molar-refractivity contribution in [1.82, 2.24) is 0 Å². The van der Waals surface area contributed by atoms with Gasteiger partial charge in [-0.05, 0) is 36.2 Å². The predicted molar refractivity (Wildman–Crippen MR) is 93.1 cm³/mol. The lowest BCUT2D eigenvalue weighted by Gasteiger charge is -2.21. The van der Waals surface area contributed by atoms with Crippen molar-refractivity contribution in [2.45, 2.75) is 24.9 Å². The maximum atomic E-state index is 13.2. The van der Waals surface area contributed by atoms with Crippen molar-refractivity contribution >= 4 is 29.0 Å². The average molecular weight is 362 g/mol. The van der Waals surface area contributed by atoms with Crippen LogP contribution >= 0.6 is 11.6 Å². The molecule has 0 spiro atoms. The maximum Gasteiger partial charge on any atom is 0.266 e. The SMILES string of the molecule is O=C(CCc1ccc(F)c(Cl)c1)[C@@]1(O)CCN(c2ccccc2)C1=O. The molecule has 1 aliphatic rings. The van der Waals surface area contributed by atoms with E-state index in [0.717, 1.165) is 0 Å². The molecule has 1 fully saturated rings. The number of para-hydroxylation sites is 1. The number of hydrogen-bond acceptors (Lipinski definition) is 3. The molecule has 1 N–H and O–H groups in total. The smallest absolute Gasteiger partial charge is 0.266 e. The number of nitrogens with zero attached hydrogens (tertiary/aromatic N) is 1. The molecule has 25 heavy (non-hydrogen) atoms. The Morgan fingerprint density at radius 1 is 1.24 bits per heavy atom. The van der Waals surface area contributed by atoms with Gasteiger partial charge in [-0.25, -0.2) is 4.39 Å². The highest BCUT2D eigenvalue weighted by Gasteiger charge is 2.50. The van der Waals surface area contributed by atoms with Crippen LogP contribution in [0.25, 0.3) is 0 Å². The number of amides is 1. The molecule has 130 valence electrons. The molecule has 1 aliphatic heterocycles. The van der Waals surface area contributed by atoms with Gasteiger partial charge in [0.25, 0.3) is 5.91 Å². The normalized spacial score (nSPS) is 20.1. The Kier molecular flexibility index (Phi) is 4.88. The van der Waals surface area contributed by atoms with Crippen molar-refractivity contribution in [3.05, 3.63) is 64.9 Å². The highest BCUT2D eigenvalue weighted by atomic mass is 35.5. The molecule has 0 radical (unpaired) electrons. The van der Waals surface area contributed by atoms with Crippen LogP contribution in [0.4, 0.5) is 10.1 Å². The van der Waals surface area contributed by atoms with Crippen LogP contribution in [0.2, 0.25) is 5.02 Å². The number of rotatable bonds is 5. The van der Waals surface area contributed by atoms with E-state index in [0.29, 0.717) is 11.3 Å². The molecule has 1 atom stereocenters. The number of anilines is 1. The molecule has 0 unspecified atom stereocenters. The van der Waals surface area contributed by atoms with E-state index < -0.39 is 23.1 Å². The predicted octanol–water partition coefficient (Wildman–Crippen LogP) is 3.15. The molecule has 0 aromatic heterocycles. The van der Waals surface area contributed by atoms with E-state index in [1.54, 1.807) is 24.3 Å². The van der Waals surface area contributed by atoms with Gasteiger partial charge >= 0.3 is 0 Å². The van der Waals surface area contributed by atoms with Crippen molar-refractivity contribution in [2.75, 3.05) is 11.4 Å². The molecule has 1 heterocycles. The minimum Gasteiger partial charge on any atom is -0.373 e. The molecule has 1 amide bonds. The zero-order chi connectivity index (χ0) is 18.0. The third-order valence-corrected chi connectivity index (χ3v) is 4.74. The van der Waals surface area contributed by atoms with Gasteiger partial charge < -0.3 is 10.0 Å². The number of Topliss-reactive ketones (excluding diaryl/α,β-unsaturated/α-hetero) is 1. The lowest BCUT2D eigenvalue weighted by Crippen LogP contribution is -2.47.